The molecule has 1 unspecified atom stereocenters. The maximum atomic E-state index is 13.2. The van der Waals surface area contributed by atoms with Crippen LogP contribution in [0.15, 0.2) is 22.7 Å². The Morgan fingerprint density at radius 3 is 2.40 bits per heavy atom. The van der Waals surface area contributed by atoms with Crippen molar-refractivity contribution in [3.63, 3.8) is 0 Å². The van der Waals surface area contributed by atoms with E-state index >= 15 is 0 Å². The van der Waals surface area contributed by atoms with E-state index in [-0.39, 0.29) is 11.2 Å². The minimum Gasteiger partial charge on any atom is -0.316 e. The third-order valence-corrected chi connectivity index (χ3v) is 4.82. The van der Waals surface area contributed by atoms with Crippen molar-refractivity contribution >= 4 is 15.9 Å². The first kappa shape index (κ1) is 17.6. The van der Waals surface area contributed by atoms with Crippen LogP contribution < -0.4 is 5.32 Å². The lowest BCUT2D eigenvalue weighted by atomic mass is 9.74. The molecule has 0 amide bonds. The summed E-state index contributed by atoms with van der Waals surface area (Å²) in [5.74, 6) is 1.02. The zero-order valence-corrected chi connectivity index (χ0v) is 14.8. The van der Waals surface area contributed by atoms with Gasteiger partial charge in [0.05, 0.1) is 0 Å². The van der Waals surface area contributed by atoms with Crippen molar-refractivity contribution in [2.75, 3.05) is 13.1 Å². The standard InChI is InChI=1S/C17H27BrFN/c1-12(2)10-20-11-17(5,13(3)4)9-14-6-7-15(19)8-16(14)18/h6-8,12-13,20H,9-11H2,1-5H3. The third-order valence-electron chi connectivity index (χ3n) is 4.08. The van der Waals surface area contributed by atoms with Crippen LogP contribution in [0.5, 0.6) is 0 Å². The Balaban J connectivity index is 2.80. The molecule has 0 aliphatic heterocycles. The molecule has 20 heavy (non-hydrogen) atoms. The molecule has 0 spiro atoms. The van der Waals surface area contributed by atoms with E-state index in [2.05, 4.69) is 55.9 Å². The lowest BCUT2D eigenvalue weighted by Crippen LogP contribution is -2.39. The van der Waals surface area contributed by atoms with Crippen LogP contribution in [-0.2, 0) is 6.42 Å². The molecule has 1 N–H and O–H groups in total. The van der Waals surface area contributed by atoms with Gasteiger partial charge in [0.15, 0.2) is 0 Å². The van der Waals surface area contributed by atoms with Gasteiger partial charge in [-0.25, -0.2) is 4.39 Å². The molecular formula is C17H27BrFN. The van der Waals surface area contributed by atoms with Gasteiger partial charge in [0.2, 0.25) is 0 Å². The number of halogens is 2. The molecule has 0 saturated heterocycles. The van der Waals surface area contributed by atoms with Crippen molar-refractivity contribution in [2.45, 2.75) is 41.0 Å². The van der Waals surface area contributed by atoms with Crippen molar-refractivity contribution in [1.82, 2.24) is 5.32 Å². The first-order chi connectivity index (χ1) is 9.24. The first-order valence-corrected chi connectivity index (χ1v) is 8.18. The van der Waals surface area contributed by atoms with E-state index in [1.165, 1.54) is 5.56 Å². The highest BCUT2D eigenvalue weighted by molar-refractivity contribution is 9.10. The van der Waals surface area contributed by atoms with Gasteiger partial charge in [0.25, 0.3) is 0 Å². The summed E-state index contributed by atoms with van der Waals surface area (Å²) in [5, 5.41) is 3.57. The number of nitrogens with one attached hydrogen (secondary N) is 1. The highest BCUT2D eigenvalue weighted by Crippen LogP contribution is 2.33. The van der Waals surface area contributed by atoms with Gasteiger partial charge in [-0.2, -0.15) is 0 Å². The molecule has 0 aliphatic rings. The molecular weight excluding hydrogens is 317 g/mol. The minimum absolute atomic E-state index is 0.162. The molecule has 0 aliphatic carbocycles. The lowest BCUT2D eigenvalue weighted by molar-refractivity contribution is 0.204. The van der Waals surface area contributed by atoms with E-state index in [0.29, 0.717) is 11.8 Å². The number of benzene rings is 1. The number of hydrogen-bond acceptors (Lipinski definition) is 1. The Bertz CT molecular complexity index is 431. The van der Waals surface area contributed by atoms with Crippen molar-refractivity contribution in [3.05, 3.63) is 34.1 Å². The third kappa shape index (κ3) is 5.17. The average molecular weight is 344 g/mol. The van der Waals surface area contributed by atoms with E-state index in [4.69, 9.17) is 0 Å². The summed E-state index contributed by atoms with van der Waals surface area (Å²) in [5.41, 5.74) is 1.34. The fraction of sp³-hybridized carbons (Fsp3) is 0.647. The van der Waals surface area contributed by atoms with Crippen LogP contribution in [-0.4, -0.2) is 13.1 Å². The van der Waals surface area contributed by atoms with Gasteiger partial charge in [-0.05, 0) is 47.9 Å². The maximum absolute atomic E-state index is 13.2. The van der Waals surface area contributed by atoms with Gasteiger partial charge in [-0.15, -0.1) is 0 Å². The molecule has 3 heteroatoms. The summed E-state index contributed by atoms with van der Waals surface area (Å²) >= 11 is 3.48. The zero-order valence-electron chi connectivity index (χ0n) is 13.3. The molecule has 0 saturated carbocycles. The van der Waals surface area contributed by atoms with Gasteiger partial charge in [0.1, 0.15) is 5.82 Å². The largest absolute Gasteiger partial charge is 0.316 e. The average Bonchev–Trinajstić information content (AvgIpc) is 2.32. The Hall–Kier alpha value is -0.410. The summed E-state index contributed by atoms with van der Waals surface area (Å²) in [6.07, 6.45) is 0.941. The second kappa shape index (κ2) is 7.56. The summed E-state index contributed by atoms with van der Waals surface area (Å²) in [6.45, 7) is 13.3. The van der Waals surface area contributed by atoms with E-state index < -0.39 is 0 Å². The highest BCUT2D eigenvalue weighted by Gasteiger charge is 2.29. The van der Waals surface area contributed by atoms with Crippen LogP contribution in [0.4, 0.5) is 4.39 Å². The van der Waals surface area contributed by atoms with E-state index in [1.54, 1.807) is 12.1 Å². The second-order valence-corrected chi connectivity index (χ2v) is 7.60. The second-order valence-electron chi connectivity index (χ2n) is 6.75. The first-order valence-electron chi connectivity index (χ1n) is 7.39. The van der Waals surface area contributed by atoms with Crippen molar-refractivity contribution in [3.8, 4) is 0 Å². The molecule has 1 nitrogen and oxygen atoms in total. The van der Waals surface area contributed by atoms with Crippen molar-refractivity contribution in [2.24, 2.45) is 17.3 Å². The Morgan fingerprint density at radius 2 is 1.90 bits per heavy atom. The van der Waals surface area contributed by atoms with E-state index in [9.17, 15) is 4.39 Å². The Kier molecular flexibility index (Phi) is 6.67. The van der Waals surface area contributed by atoms with Gasteiger partial charge in [-0.1, -0.05) is 56.6 Å². The molecule has 114 valence electrons. The van der Waals surface area contributed by atoms with Crippen LogP contribution in [0, 0.1) is 23.1 Å². The van der Waals surface area contributed by atoms with E-state index in [0.717, 1.165) is 24.0 Å². The van der Waals surface area contributed by atoms with Crippen molar-refractivity contribution in [1.29, 1.82) is 0 Å². The summed E-state index contributed by atoms with van der Waals surface area (Å²) < 4.78 is 14.1. The molecule has 1 aromatic rings. The molecule has 1 atom stereocenters. The Labute approximate surface area is 131 Å². The summed E-state index contributed by atoms with van der Waals surface area (Å²) in [7, 11) is 0. The molecule has 1 aromatic carbocycles. The minimum atomic E-state index is -0.190. The SMILES string of the molecule is CC(C)CNCC(C)(Cc1ccc(F)cc1Br)C(C)C. The van der Waals surface area contributed by atoms with Crippen LogP contribution in [0.2, 0.25) is 0 Å². The van der Waals surface area contributed by atoms with Gasteiger partial charge >= 0.3 is 0 Å². The summed E-state index contributed by atoms with van der Waals surface area (Å²) in [4.78, 5) is 0. The smallest absolute Gasteiger partial charge is 0.124 e. The summed E-state index contributed by atoms with van der Waals surface area (Å²) in [6, 6.07) is 4.99. The fourth-order valence-corrected chi connectivity index (χ4v) is 2.71. The molecule has 0 radical (unpaired) electrons. The van der Waals surface area contributed by atoms with Crippen LogP contribution in [0.3, 0.4) is 0 Å². The lowest BCUT2D eigenvalue weighted by Gasteiger charge is -2.35. The van der Waals surface area contributed by atoms with Gasteiger partial charge in [-0.3, -0.25) is 0 Å². The molecule has 0 heterocycles. The Morgan fingerprint density at radius 1 is 1.25 bits per heavy atom. The maximum Gasteiger partial charge on any atom is 0.124 e. The topological polar surface area (TPSA) is 12.0 Å². The van der Waals surface area contributed by atoms with Gasteiger partial charge < -0.3 is 5.32 Å². The predicted octanol–water partition coefficient (Wildman–Crippen LogP) is 5.04. The zero-order chi connectivity index (χ0) is 15.3. The molecule has 1 rings (SSSR count). The van der Waals surface area contributed by atoms with Crippen LogP contribution in [0.1, 0.15) is 40.2 Å². The van der Waals surface area contributed by atoms with E-state index in [1.807, 2.05) is 6.07 Å². The van der Waals surface area contributed by atoms with Crippen molar-refractivity contribution < 1.29 is 4.39 Å². The highest BCUT2D eigenvalue weighted by atomic mass is 79.9. The molecule has 0 fully saturated rings. The number of rotatable bonds is 7. The fourth-order valence-electron chi connectivity index (χ4n) is 2.22. The quantitative estimate of drug-likeness (QED) is 0.731. The predicted molar refractivity (Wildman–Crippen MR) is 88.5 cm³/mol. The number of hydrogen-bond donors (Lipinski definition) is 1. The van der Waals surface area contributed by atoms with Crippen LogP contribution in [0.25, 0.3) is 0 Å². The van der Waals surface area contributed by atoms with Crippen LogP contribution >= 0.6 is 15.9 Å². The van der Waals surface area contributed by atoms with Gasteiger partial charge in [0, 0.05) is 11.0 Å². The molecule has 0 aromatic heterocycles. The monoisotopic (exact) mass is 343 g/mol. The molecule has 0 bridgehead atoms. The normalized spacial score (nSPS) is 14.8.